The minimum atomic E-state index is -1.02. The molecule has 3 heterocycles. The first-order valence-corrected chi connectivity index (χ1v) is 9.58. The molecule has 146 valence electrons. The second-order valence-electron chi connectivity index (χ2n) is 7.13. The van der Waals surface area contributed by atoms with Crippen LogP contribution in [-0.2, 0) is 0 Å². The quantitative estimate of drug-likeness (QED) is 0.482. The van der Waals surface area contributed by atoms with Gasteiger partial charge in [0.25, 0.3) is 0 Å². The third-order valence-corrected chi connectivity index (χ3v) is 5.29. The van der Waals surface area contributed by atoms with Gasteiger partial charge < -0.3 is 15.2 Å². The van der Waals surface area contributed by atoms with E-state index in [-0.39, 0.29) is 5.69 Å². The van der Waals surface area contributed by atoms with Gasteiger partial charge in [-0.05, 0) is 49.4 Å². The molecule has 7 heteroatoms. The molecule has 7 nitrogen and oxygen atoms in total. The Morgan fingerprint density at radius 1 is 1.10 bits per heavy atom. The molecule has 0 saturated carbocycles. The van der Waals surface area contributed by atoms with E-state index in [0.717, 1.165) is 36.4 Å². The zero-order valence-electron chi connectivity index (χ0n) is 15.6. The molecule has 0 amide bonds. The first-order chi connectivity index (χ1) is 14.2. The summed E-state index contributed by atoms with van der Waals surface area (Å²) < 4.78 is 7.39. The van der Waals surface area contributed by atoms with Crippen molar-refractivity contribution >= 4 is 11.6 Å². The summed E-state index contributed by atoms with van der Waals surface area (Å²) in [5.74, 6) is 0.744. The Hall–Kier alpha value is -3.58. The molecule has 0 aliphatic carbocycles. The molecule has 29 heavy (non-hydrogen) atoms. The number of fused-ring (bicyclic) bond motifs is 1. The number of aromatic carboxylic acids is 1. The number of nitrogens with zero attached hydrogens (tertiary/aromatic N) is 2. The summed E-state index contributed by atoms with van der Waals surface area (Å²) in [7, 11) is 0. The topological polar surface area (TPSA) is 91.7 Å². The van der Waals surface area contributed by atoms with Crippen LogP contribution in [0.4, 0.5) is 0 Å². The highest BCUT2D eigenvalue weighted by atomic mass is 16.5. The average molecular weight is 388 g/mol. The molecule has 1 saturated heterocycles. The van der Waals surface area contributed by atoms with E-state index in [2.05, 4.69) is 10.4 Å². The fourth-order valence-corrected chi connectivity index (χ4v) is 3.86. The minimum Gasteiger partial charge on any atom is -0.476 e. The Balaban J connectivity index is 1.52. The maximum absolute atomic E-state index is 12.0. The van der Waals surface area contributed by atoms with Crippen LogP contribution in [0.25, 0.3) is 16.9 Å². The summed E-state index contributed by atoms with van der Waals surface area (Å²) in [6.07, 6.45) is 2.89. The number of carbonyl (C=O) groups is 1. The number of hydrogen-bond donors (Lipinski definition) is 3. The van der Waals surface area contributed by atoms with Crippen molar-refractivity contribution in [2.45, 2.75) is 12.3 Å². The zero-order valence-corrected chi connectivity index (χ0v) is 15.6. The number of carboxylic acid groups (broad SMARTS) is 1. The lowest BCUT2D eigenvalue weighted by Crippen LogP contribution is -2.07. The normalized spacial score (nSPS) is 16.3. The van der Waals surface area contributed by atoms with E-state index >= 15 is 0 Å². The van der Waals surface area contributed by atoms with Crippen molar-refractivity contribution in [1.82, 2.24) is 19.9 Å². The Morgan fingerprint density at radius 2 is 1.86 bits per heavy atom. The molecule has 5 rings (SSSR count). The van der Waals surface area contributed by atoms with E-state index in [1.165, 1.54) is 0 Å². The lowest BCUT2D eigenvalue weighted by Gasteiger charge is -2.06. The van der Waals surface area contributed by atoms with Gasteiger partial charge in [-0.1, -0.05) is 18.2 Å². The zero-order chi connectivity index (χ0) is 19.8. The third kappa shape index (κ3) is 3.15. The summed E-state index contributed by atoms with van der Waals surface area (Å²) >= 11 is 0. The van der Waals surface area contributed by atoms with Gasteiger partial charge >= 0.3 is 5.97 Å². The van der Waals surface area contributed by atoms with Gasteiger partial charge in [0.1, 0.15) is 17.2 Å². The SMILES string of the molecule is O=C(O)c1c(-c2ccc(Oc3ccccc3)cc2)nc2c(C3CCNC3)c[nH]n12. The molecule has 1 unspecified atom stereocenters. The van der Waals surface area contributed by atoms with Gasteiger partial charge in [0.2, 0.25) is 0 Å². The van der Waals surface area contributed by atoms with E-state index in [1.54, 1.807) is 4.52 Å². The molecule has 3 N–H and O–H groups in total. The van der Waals surface area contributed by atoms with E-state index in [9.17, 15) is 9.90 Å². The van der Waals surface area contributed by atoms with Crippen molar-refractivity contribution in [1.29, 1.82) is 0 Å². The van der Waals surface area contributed by atoms with Crippen LogP contribution >= 0.6 is 0 Å². The molecule has 4 aromatic rings. The number of rotatable bonds is 5. The summed E-state index contributed by atoms with van der Waals surface area (Å²) in [6, 6.07) is 16.8. The number of ether oxygens (including phenoxy) is 1. The Labute approximate surface area is 166 Å². The van der Waals surface area contributed by atoms with Crippen molar-refractivity contribution in [3.8, 4) is 22.8 Å². The molecule has 2 aromatic heterocycles. The molecular weight excluding hydrogens is 368 g/mol. The van der Waals surface area contributed by atoms with Crippen LogP contribution in [0.5, 0.6) is 11.5 Å². The number of carboxylic acids is 1. The lowest BCUT2D eigenvalue weighted by molar-refractivity contribution is 0.0689. The maximum atomic E-state index is 12.0. The van der Waals surface area contributed by atoms with Crippen LogP contribution in [-0.4, -0.2) is 38.8 Å². The Bertz CT molecular complexity index is 1160. The van der Waals surface area contributed by atoms with Gasteiger partial charge in [0, 0.05) is 29.8 Å². The van der Waals surface area contributed by atoms with Crippen LogP contribution in [0, 0.1) is 0 Å². The fraction of sp³-hybridized carbons (Fsp3) is 0.182. The van der Waals surface area contributed by atoms with Gasteiger partial charge in [0.15, 0.2) is 11.3 Å². The van der Waals surface area contributed by atoms with Gasteiger partial charge in [-0.2, -0.15) is 0 Å². The van der Waals surface area contributed by atoms with E-state index in [0.29, 0.717) is 23.0 Å². The average Bonchev–Trinajstić information content (AvgIpc) is 3.45. The molecule has 0 bridgehead atoms. The third-order valence-electron chi connectivity index (χ3n) is 5.29. The number of H-pyrrole nitrogens is 1. The summed E-state index contributed by atoms with van der Waals surface area (Å²) in [5.41, 5.74) is 3.04. The van der Waals surface area contributed by atoms with E-state index in [4.69, 9.17) is 9.72 Å². The number of aromatic amines is 1. The van der Waals surface area contributed by atoms with Gasteiger partial charge in [0.05, 0.1) is 0 Å². The van der Waals surface area contributed by atoms with Crippen LogP contribution in [0.15, 0.2) is 60.8 Å². The second-order valence-corrected chi connectivity index (χ2v) is 7.13. The molecule has 1 fully saturated rings. The van der Waals surface area contributed by atoms with Gasteiger partial charge in [-0.15, -0.1) is 0 Å². The van der Waals surface area contributed by atoms with Crippen molar-refractivity contribution in [2.75, 3.05) is 13.1 Å². The van der Waals surface area contributed by atoms with E-state index < -0.39 is 5.97 Å². The number of aromatic nitrogens is 3. The van der Waals surface area contributed by atoms with Crippen LogP contribution in [0.1, 0.15) is 28.4 Å². The van der Waals surface area contributed by atoms with Crippen molar-refractivity contribution in [3.05, 3.63) is 72.1 Å². The minimum absolute atomic E-state index is 0.133. The standard InChI is InChI=1S/C22H20N4O3/c27-22(28)20-19(25-21-18(13-24-26(20)21)15-10-11-23-12-15)14-6-8-17(9-7-14)29-16-4-2-1-3-5-16/h1-9,13,15,23-24H,10-12H2,(H,27,28). The molecule has 1 aliphatic rings. The van der Waals surface area contributed by atoms with Gasteiger partial charge in [-0.25, -0.2) is 14.3 Å². The predicted octanol–water partition coefficient (Wildman–Crippen LogP) is 3.90. The van der Waals surface area contributed by atoms with Crippen LogP contribution in [0.3, 0.4) is 0 Å². The second kappa shape index (κ2) is 7.10. The van der Waals surface area contributed by atoms with Crippen molar-refractivity contribution in [2.24, 2.45) is 0 Å². The number of imidazole rings is 1. The van der Waals surface area contributed by atoms with Crippen LogP contribution in [0.2, 0.25) is 0 Å². The monoisotopic (exact) mass is 388 g/mol. The predicted molar refractivity (Wildman–Crippen MR) is 109 cm³/mol. The maximum Gasteiger partial charge on any atom is 0.356 e. The smallest absolute Gasteiger partial charge is 0.356 e. The fourth-order valence-electron chi connectivity index (χ4n) is 3.86. The van der Waals surface area contributed by atoms with Crippen molar-refractivity contribution in [3.63, 3.8) is 0 Å². The first kappa shape index (κ1) is 17.5. The molecular formula is C22H20N4O3. The van der Waals surface area contributed by atoms with Crippen LogP contribution < -0.4 is 10.1 Å². The molecule has 0 spiro atoms. The highest BCUT2D eigenvalue weighted by Gasteiger charge is 2.27. The molecule has 0 radical (unpaired) electrons. The number of nitrogens with one attached hydrogen (secondary N) is 2. The molecule has 1 atom stereocenters. The van der Waals surface area contributed by atoms with Gasteiger partial charge in [-0.3, -0.25) is 5.10 Å². The Morgan fingerprint density at radius 3 is 2.55 bits per heavy atom. The largest absolute Gasteiger partial charge is 0.476 e. The number of hydrogen-bond acceptors (Lipinski definition) is 4. The highest BCUT2D eigenvalue weighted by molar-refractivity contribution is 5.94. The molecule has 2 aromatic carbocycles. The number of para-hydroxylation sites is 1. The highest BCUT2D eigenvalue weighted by Crippen LogP contribution is 2.32. The van der Waals surface area contributed by atoms with E-state index in [1.807, 2.05) is 60.8 Å². The molecule has 1 aliphatic heterocycles. The Kier molecular flexibility index (Phi) is 4.29. The first-order valence-electron chi connectivity index (χ1n) is 9.58. The summed E-state index contributed by atoms with van der Waals surface area (Å²) in [5, 5.41) is 16.2. The summed E-state index contributed by atoms with van der Waals surface area (Å²) in [4.78, 5) is 16.7. The summed E-state index contributed by atoms with van der Waals surface area (Å²) in [6.45, 7) is 1.84. The lowest BCUT2D eigenvalue weighted by atomic mass is 10.0. The van der Waals surface area contributed by atoms with Crippen molar-refractivity contribution < 1.29 is 14.6 Å². The number of benzene rings is 2.